The van der Waals surface area contributed by atoms with Crippen molar-refractivity contribution >= 4 is 11.0 Å². The number of piperazine rings is 1. The van der Waals surface area contributed by atoms with Crippen LogP contribution in [-0.2, 0) is 21.6 Å². The predicted molar refractivity (Wildman–Crippen MR) is 141 cm³/mol. The van der Waals surface area contributed by atoms with Gasteiger partial charge in [-0.3, -0.25) is 4.90 Å². The Kier molecular flexibility index (Phi) is 6.40. The molecule has 6 nitrogen and oxygen atoms in total. The first-order valence-electron chi connectivity index (χ1n) is 12.8. The number of hydrogen-bond acceptors (Lipinski definition) is 5. The van der Waals surface area contributed by atoms with E-state index in [4.69, 9.17) is 14.5 Å². The molecule has 1 unspecified atom stereocenters. The molecule has 1 N–H and O–H groups in total. The predicted octanol–water partition coefficient (Wildman–Crippen LogP) is 4.92. The van der Waals surface area contributed by atoms with E-state index < -0.39 is 5.54 Å². The molecule has 3 heterocycles. The van der Waals surface area contributed by atoms with Gasteiger partial charge in [0.2, 0.25) is 6.79 Å². The number of nitrogens with zero attached hydrogens (tertiary/aromatic N) is 3. The summed E-state index contributed by atoms with van der Waals surface area (Å²) in [5, 5.41) is 3.49. The Bertz CT molecular complexity index is 1430. The molecule has 3 aromatic carbocycles. The monoisotopic (exact) mass is 498 g/mol. The summed E-state index contributed by atoms with van der Waals surface area (Å²) in [6.45, 7) is 6.11. The lowest BCUT2D eigenvalue weighted by Gasteiger charge is -2.46. The van der Waals surface area contributed by atoms with Gasteiger partial charge in [-0.25, -0.2) is 9.37 Å². The zero-order valence-corrected chi connectivity index (χ0v) is 21.0. The highest BCUT2D eigenvalue weighted by Gasteiger charge is 2.46. The standard InChI is InChI=1S/C30H31FN4O2/c1-22-10-12-24(13-11-22)30(18-25-20-36-21-37-25,34-16-14-32-15-17-34)29-33-27-8-4-5-9-28(27)35(29)19-23-6-2-3-7-26(23)31/h2-13,20,32H,14-19,21H2,1H3. The van der Waals surface area contributed by atoms with Crippen LogP contribution in [0.25, 0.3) is 11.0 Å². The van der Waals surface area contributed by atoms with Gasteiger partial charge >= 0.3 is 0 Å². The first kappa shape index (κ1) is 23.7. The Morgan fingerprint density at radius 1 is 0.973 bits per heavy atom. The molecule has 2 aliphatic rings. The summed E-state index contributed by atoms with van der Waals surface area (Å²) in [7, 11) is 0. The van der Waals surface area contributed by atoms with Crippen LogP contribution >= 0.6 is 0 Å². The van der Waals surface area contributed by atoms with Crippen LogP contribution in [0.1, 0.15) is 28.9 Å². The highest BCUT2D eigenvalue weighted by molar-refractivity contribution is 5.76. The minimum absolute atomic E-state index is 0.215. The van der Waals surface area contributed by atoms with Crippen molar-refractivity contribution < 1.29 is 13.9 Å². The first-order chi connectivity index (χ1) is 18.1. The van der Waals surface area contributed by atoms with Gasteiger partial charge in [-0.2, -0.15) is 0 Å². The van der Waals surface area contributed by atoms with Gasteiger partial charge in [0.05, 0.1) is 17.6 Å². The summed E-state index contributed by atoms with van der Waals surface area (Å²) in [6, 6.07) is 23.8. The molecule has 1 aromatic heterocycles. The minimum Gasteiger partial charge on any atom is -0.462 e. The Morgan fingerprint density at radius 3 is 2.49 bits per heavy atom. The van der Waals surface area contributed by atoms with Crippen LogP contribution in [0, 0.1) is 12.7 Å². The summed E-state index contributed by atoms with van der Waals surface area (Å²) in [5.41, 5.74) is 4.16. The third-order valence-corrected chi connectivity index (χ3v) is 7.45. The van der Waals surface area contributed by atoms with Crippen molar-refractivity contribution in [3.8, 4) is 0 Å². The van der Waals surface area contributed by atoms with Crippen molar-refractivity contribution in [2.45, 2.75) is 25.4 Å². The topological polar surface area (TPSA) is 51.6 Å². The molecule has 190 valence electrons. The molecule has 1 fully saturated rings. The Labute approximate surface area is 216 Å². The van der Waals surface area contributed by atoms with E-state index in [0.717, 1.165) is 54.4 Å². The third kappa shape index (κ3) is 4.38. The molecule has 0 amide bonds. The highest BCUT2D eigenvalue weighted by Crippen LogP contribution is 2.43. The molecule has 1 saturated heterocycles. The van der Waals surface area contributed by atoms with Crippen LogP contribution in [-0.4, -0.2) is 47.4 Å². The highest BCUT2D eigenvalue weighted by atomic mass is 19.1. The number of aromatic nitrogens is 2. The van der Waals surface area contributed by atoms with Crippen molar-refractivity contribution in [1.82, 2.24) is 19.8 Å². The normalized spacial score (nSPS) is 17.7. The number of halogens is 1. The summed E-state index contributed by atoms with van der Waals surface area (Å²) >= 11 is 0. The fraction of sp³-hybridized carbons (Fsp3) is 0.300. The second kappa shape index (κ2) is 10.00. The number of para-hydroxylation sites is 2. The Hall–Kier alpha value is -3.68. The molecule has 0 radical (unpaired) electrons. The van der Waals surface area contributed by atoms with Gasteiger partial charge in [-0.15, -0.1) is 0 Å². The fourth-order valence-electron chi connectivity index (χ4n) is 5.59. The maximum absolute atomic E-state index is 15.0. The molecule has 4 aromatic rings. The largest absolute Gasteiger partial charge is 0.462 e. The van der Waals surface area contributed by atoms with Gasteiger partial charge in [0.25, 0.3) is 0 Å². The molecule has 0 bridgehead atoms. The van der Waals surface area contributed by atoms with E-state index in [9.17, 15) is 4.39 Å². The number of hydrogen-bond donors (Lipinski definition) is 1. The first-order valence-corrected chi connectivity index (χ1v) is 12.8. The van der Waals surface area contributed by atoms with Crippen molar-refractivity contribution in [2.24, 2.45) is 0 Å². The lowest BCUT2D eigenvalue weighted by atomic mass is 9.81. The van der Waals surface area contributed by atoms with Crippen molar-refractivity contribution in [1.29, 1.82) is 0 Å². The molecule has 0 saturated carbocycles. The van der Waals surface area contributed by atoms with E-state index in [1.807, 2.05) is 30.3 Å². The van der Waals surface area contributed by atoms with Gasteiger partial charge in [-0.05, 0) is 30.7 Å². The van der Waals surface area contributed by atoms with Gasteiger partial charge in [0, 0.05) is 38.2 Å². The van der Waals surface area contributed by atoms with Gasteiger partial charge < -0.3 is 19.4 Å². The quantitative estimate of drug-likeness (QED) is 0.392. The Balaban J connectivity index is 1.63. The molecular formula is C30H31FN4O2. The van der Waals surface area contributed by atoms with E-state index in [0.29, 0.717) is 18.5 Å². The van der Waals surface area contributed by atoms with Crippen molar-refractivity contribution in [3.63, 3.8) is 0 Å². The summed E-state index contributed by atoms with van der Waals surface area (Å²) < 4.78 is 28.6. The van der Waals surface area contributed by atoms with Crippen LogP contribution in [0.15, 0.2) is 84.8 Å². The minimum atomic E-state index is -0.653. The fourth-order valence-corrected chi connectivity index (χ4v) is 5.59. The molecule has 37 heavy (non-hydrogen) atoms. The maximum atomic E-state index is 15.0. The van der Waals surface area contributed by atoms with E-state index in [-0.39, 0.29) is 12.6 Å². The van der Waals surface area contributed by atoms with E-state index in [1.165, 1.54) is 11.6 Å². The van der Waals surface area contributed by atoms with Crippen molar-refractivity contribution in [3.05, 3.63) is 113 Å². The summed E-state index contributed by atoms with van der Waals surface area (Å²) in [6.07, 6.45) is 2.27. The van der Waals surface area contributed by atoms with Crippen LogP contribution < -0.4 is 5.32 Å². The maximum Gasteiger partial charge on any atom is 0.229 e. The lowest BCUT2D eigenvalue weighted by Crippen LogP contribution is -2.56. The number of benzene rings is 3. The van der Waals surface area contributed by atoms with Crippen LogP contribution in [0.5, 0.6) is 0 Å². The van der Waals surface area contributed by atoms with Crippen LogP contribution in [0.3, 0.4) is 0 Å². The number of imidazole rings is 1. The molecule has 7 heteroatoms. The number of rotatable bonds is 7. The van der Waals surface area contributed by atoms with Gasteiger partial charge in [0.1, 0.15) is 29.2 Å². The molecule has 6 rings (SSSR count). The lowest BCUT2D eigenvalue weighted by molar-refractivity contribution is 0.0509. The molecular weight excluding hydrogens is 467 g/mol. The van der Waals surface area contributed by atoms with Gasteiger partial charge in [-0.1, -0.05) is 60.2 Å². The molecule has 1 atom stereocenters. The van der Waals surface area contributed by atoms with Crippen LogP contribution in [0.2, 0.25) is 0 Å². The zero-order valence-electron chi connectivity index (χ0n) is 21.0. The van der Waals surface area contributed by atoms with Crippen LogP contribution in [0.4, 0.5) is 4.39 Å². The average molecular weight is 499 g/mol. The van der Waals surface area contributed by atoms with Gasteiger partial charge in [0.15, 0.2) is 0 Å². The van der Waals surface area contributed by atoms with Crippen molar-refractivity contribution in [2.75, 3.05) is 33.0 Å². The molecule has 0 spiro atoms. The number of ether oxygens (including phenoxy) is 2. The Morgan fingerprint density at radius 2 is 1.73 bits per heavy atom. The van der Waals surface area contributed by atoms with E-state index in [1.54, 1.807) is 12.3 Å². The zero-order chi connectivity index (χ0) is 25.2. The average Bonchev–Trinajstić information content (AvgIpc) is 3.58. The molecule has 0 aliphatic carbocycles. The van der Waals surface area contributed by atoms with E-state index in [2.05, 4.69) is 52.0 Å². The number of aryl methyl sites for hydroxylation is 1. The summed E-state index contributed by atoms with van der Waals surface area (Å²) in [4.78, 5) is 7.78. The summed E-state index contributed by atoms with van der Waals surface area (Å²) in [5.74, 6) is 1.44. The second-order valence-electron chi connectivity index (χ2n) is 9.75. The van der Waals surface area contributed by atoms with E-state index >= 15 is 0 Å². The molecule has 2 aliphatic heterocycles. The number of fused-ring (bicyclic) bond motifs is 1. The number of nitrogens with one attached hydrogen (secondary N) is 1. The third-order valence-electron chi connectivity index (χ3n) is 7.45. The smallest absolute Gasteiger partial charge is 0.229 e. The SMILES string of the molecule is Cc1ccc(C(CC2=COCO2)(c2nc3ccccc3n2Cc2ccccc2F)N2CCNCC2)cc1. The second-order valence-corrected chi connectivity index (χ2v) is 9.75.